The fourth-order valence-corrected chi connectivity index (χ4v) is 2.36. The van der Waals surface area contributed by atoms with Crippen LogP contribution in [0.5, 0.6) is 0 Å². The molecule has 1 fully saturated rings. The quantitative estimate of drug-likeness (QED) is 0.927. The number of rotatable bonds is 4. The lowest BCUT2D eigenvalue weighted by Gasteiger charge is -2.16. The topological polar surface area (TPSA) is 44.5 Å². The predicted octanol–water partition coefficient (Wildman–Crippen LogP) is 2.22. The summed E-state index contributed by atoms with van der Waals surface area (Å²) in [6.07, 6.45) is 1.14. The Hall–Kier alpha value is -0.490. The van der Waals surface area contributed by atoms with E-state index in [1.807, 2.05) is 0 Å². The number of hydrogen-bond donors (Lipinski definition) is 1. The third-order valence-corrected chi connectivity index (χ3v) is 3.42. The van der Waals surface area contributed by atoms with Crippen LogP contribution >= 0.6 is 15.9 Å². The third kappa shape index (κ3) is 3.74. The van der Waals surface area contributed by atoms with Gasteiger partial charge in [0, 0.05) is 16.9 Å². The van der Waals surface area contributed by atoms with Gasteiger partial charge in [-0.3, -0.25) is 0 Å². The Labute approximate surface area is 108 Å². The molecule has 0 bridgehead atoms. The van der Waals surface area contributed by atoms with Gasteiger partial charge in [0.25, 0.3) is 0 Å². The normalized spacial score (nSPS) is 18.5. The zero-order valence-electron chi connectivity index (χ0n) is 9.36. The minimum Gasteiger partial charge on any atom is -0.350 e. The van der Waals surface area contributed by atoms with E-state index in [0.717, 1.165) is 10.0 Å². The van der Waals surface area contributed by atoms with Crippen LogP contribution < -0.4 is 5.73 Å². The molecule has 3 nitrogen and oxygen atoms in total. The van der Waals surface area contributed by atoms with E-state index in [1.54, 1.807) is 6.07 Å². The lowest BCUT2D eigenvalue weighted by atomic mass is 10.0. The summed E-state index contributed by atoms with van der Waals surface area (Å²) in [5.74, 6) is -0.253. The first-order valence-electron chi connectivity index (χ1n) is 5.58. The first-order chi connectivity index (χ1) is 8.15. The first kappa shape index (κ1) is 13.0. The zero-order valence-corrected chi connectivity index (χ0v) is 11.0. The van der Waals surface area contributed by atoms with E-state index in [2.05, 4.69) is 15.9 Å². The molecule has 0 spiro atoms. The van der Waals surface area contributed by atoms with Gasteiger partial charge in [-0.15, -0.1) is 0 Å². The van der Waals surface area contributed by atoms with Crippen molar-refractivity contribution in [3.63, 3.8) is 0 Å². The van der Waals surface area contributed by atoms with Crippen molar-refractivity contribution in [3.8, 4) is 0 Å². The van der Waals surface area contributed by atoms with Gasteiger partial charge in [-0.2, -0.15) is 0 Å². The molecule has 5 heteroatoms. The van der Waals surface area contributed by atoms with Gasteiger partial charge in [0.15, 0.2) is 6.29 Å². The molecule has 1 aliphatic heterocycles. The highest BCUT2D eigenvalue weighted by Crippen LogP contribution is 2.21. The van der Waals surface area contributed by atoms with Gasteiger partial charge >= 0.3 is 0 Å². The van der Waals surface area contributed by atoms with Crippen LogP contribution in [0.15, 0.2) is 22.7 Å². The van der Waals surface area contributed by atoms with Crippen molar-refractivity contribution in [1.29, 1.82) is 0 Å². The summed E-state index contributed by atoms with van der Waals surface area (Å²) in [4.78, 5) is 0. The minimum absolute atomic E-state index is 0.0557. The van der Waals surface area contributed by atoms with Crippen molar-refractivity contribution >= 4 is 15.9 Å². The largest absolute Gasteiger partial charge is 0.350 e. The van der Waals surface area contributed by atoms with E-state index in [0.29, 0.717) is 26.1 Å². The van der Waals surface area contributed by atoms with Crippen LogP contribution in [0.1, 0.15) is 12.0 Å². The minimum atomic E-state index is -0.253. The summed E-state index contributed by atoms with van der Waals surface area (Å²) < 4.78 is 24.3. The summed E-state index contributed by atoms with van der Waals surface area (Å²) in [7, 11) is 0. The van der Waals surface area contributed by atoms with Crippen molar-refractivity contribution < 1.29 is 13.9 Å². The second-order valence-electron chi connectivity index (χ2n) is 4.11. The van der Waals surface area contributed by atoms with Crippen LogP contribution in [0.4, 0.5) is 4.39 Å². The third-order valence-electron chi connectivity index (χ3n) is 2.68. The van der Waals surface area contributed by atoms with Gasteiger partial charge in [-0.25, -0.2) is 4.39 Å². The van der Waals surface area contributed by atoms with Gasteiger partial charge in [0.2, 0.25) is 0 Å². The summed E-state index contributed by atoms with van der Waals surface area (Å²) in [6.45, 7) is 1.27. The molecule has 0 aliphatic carbocycles. The maximum absolute atomic E-state index is 12.9. The predicted molar refractivity (Wildman–Crippen MR) is 66.1 cm³/mol. The van der Waals surface area contributed by atoms with Gasteiger partial charge in [0.1, 0.15) is 5.82 Å². The second kappa shape index (κ2) is 5.91. The Morgan fingerprint density at radius 1 is 1.41 bits per heavy atom. The first-order valence-corrected chi connectivity index (χ1v) is 6.37. The molecule has 1 aromatic carbocycles. The lowest BCUT2D eigenvalue weighted by molar-refractivity contribution is -0.0504. The molecule has 0 amide bonds. The molecule has 2 rings (SSSR count). The summed E-state index contributed by atoms with van der Waals surface area (Å²) >= 11 is 3.33. The second-order valence-corrected chi connectivity index (χ2v) is 4.96. The molecule has 1 saturated heterocycles. The molecular formula is C12H15BrFNO2. The van der Waals surface area contributed by atoms with Gasteiger partial charge in [-0.1, -0.05) is 22.0 Å². The SMILES string of the molecule is NC(Cc1ccc(F)cc1Br)CC1OCCO1. The number of ether oxygens (including phenoxy) is 2. The van der Waals surface area contributed by atoms with E-state index < -0.39 is 0 Å². The number of hydrogen-bond acceptors (Lipinski definition) is 3. The fraction of sp³-hybridized carbons (Fsp3) is 0.500. The van der Waals surface area contributed by atoms with E-state index in [1.165, 1.54) is 12.1 Å². The molecule has 94 valence electrons. The van der Waals surface area contributed by atoms with Gasteiger partial charge in [-0.05, 0) is 24.1 Å². The van der Waals surface area contributed by atoms with Crippen molar-refractivity contribution in [2.24, 2.45) is 5.73 Å². The molecule has 1 aliphatic rings. The van der Waals surface area contributed by atoms with Crippen LogP contribution in [-0.2, 0) is 15.9 Å². The van der Waals surface area contributed by atoms with Crippen molar-refractivity contribution in [2.45, 2.75) is 25.2 Å². The molecule has 0 radical (unpaired) electrons. The average Bonchev–Trinajstić information content (AvgIpc) is 2.75. The Morgan fingerprint density at radius 3 is 2.76 bits per heavy atom. The van der Waals surface area contributed by atoms with Gasteiger partial charge in [0.05, 0.1) is 13.2 Å². The van der Waals surface area contributed by atoms with E-state index in [-0.39, 0.29) is 18.1 Å². The van der Waals surface area contributed by atoms with Crippen LogP contribution in [0, 0.1) is 5.82 Å². The summed E-state index contributed by atoms with van der Waals surface area (Å²) in [5.41, 5.74) is 7.02. The Morgan fingerprint density at radius 2 is 2.12 bits per heavy atom. The van der Waals surface area contributed by atoms with Crippen LogP contribution in [0.3, 0.4) is 0 Å². The highest BCUT2D eigenvalue weighted by molar-refractivity contribution is 9.10. The monoisotopic (exact) mass is 303 g/mol. The Balaban J connectivity index is 1.90. The summed E-state index contributed by atoms with van der Waals surface area (Å²) in [6, 6.07) is 4.58. The molecular weight excluding hydrogens is 289 g/mol. The fourth-order valence-electron chi connectivity index (χ4n) is 1.84. The molecule has 1 unspecified atom stereocenters. The zero-order chi connectivity index (χ0) is 12.3. The standard InChI is InChI=1S/C12H15BrFNO2/c13-11-6-9(14)2-1-8(11)5-10(15)7-12-16-3-4-17-12/h1-2,6,10,12H,3-5,7,15H2. The summed E-state index contributed by atoms with van der Waals surface area (Å²) in [5, 5.41) is 0. The van der Waals surface area contributed by atoms with Crippen LogP contribution in [0.25, 0.3) is 0 Å². The van der Waals surface area contributed by atoms with Crippen molar-refractivity contribution in [1.82, 2.24) is 0 Å². The highest BCUT2D eigenvalue weighted by atomic mass is 79.9. The Kier molecular flexibility index (Phi) is 4.50. The molecule has 2 N–H and O–H groups in total. The number of nitrogens with two attached hydrogens (primary N) is 1. The molecule has 1 heterocycles. The molecule has 0 aromatic heterocycles. The van der Waals surface area contributed by atoms with Crippen LogP contribution in [0.2, 0.25) is 0 Å². The van der Waals surface area contributed by atoms with Crippen molar-refractivity contribution in [3.05, 3.63) is 34.1 Å². The number of benzene rings is 1. The maximum atomic E-state index is 12.9. The van der Waals surface area contributed by atoms with Crippen LogP contribution in [-0.4, -0.2) is 25.5 Å². The Bertz CT molecular complexity index is 383. The molecule has 17 heavy (non-hydrogen) atoms. The molecule has 1 atom stereocenters. The number of halogens is 2. The maximum Gasteiger partial charge on any atom is 0.159 e. The smallest absolute Gasteiger partial charge is 0.159 e. The van der Waals surface area contributed by atoms with Crippen molar-refractivity contribution in [2.75, 3.05) is 13.2 Å². The van der Waals surface area contributed by atoms with E-state index in [9.17, 15) is 4.39 Å². The highest BCUT2D eigenvalue weighted by Gasteiger charge is 2.19. The van der Waals surface area contributed by atoms with Gasteiger partial charge < -0.3 is 15.2 Å². The van der Waals surface area contributed by atoms with E-state index in [4.69, 9.17) is 15.2 Å². The van der Waals surface area contributed by atoms with E-state index >= 15 is 0 Å². The molecule has 1 aromatic rings. The molecule has 0 saturated carbocycles. The lowest BCUT2D eigenvalue weighted by Crippen LogP contribution is -2.28. The average molecular weight is 304 g/mol.